The minimum Gasteiger partial charge on any atom is -0.497 e. The van der Waals surface area contributed by atoms with E-state index in [9.17, 15) is 4.79 Å². The standard InChI is InChI=1S/C22H18N4O3S/c1-29-19-8-6-18(7-9-19)26-20(16-10-12-23-13-11-16)24-25-22(26)30-14-15-2-4-17(5-3-15)21(27)28/h2-13H,14H2,1H3,(H,27,28). The van der Waals surface area contributed by atoms with Crippen molar-refractivity contribution in [3.63, 3.8) is 0 Å². The van der Waals surface area contributed by atoms with Crippen molar-refractivity contribution in [2.75, 3.05) is 7.11 Å². The molecule has 2 heterocycles. The lowest BCUT2D eigenvalue weighted by Gasteiger charge is -2.11. The molecule has 7 nitrogen and oxygen atoms in total. The van der Waals surface area contributed by atoms with Gasteiger partial charge in [-0.05, 0) is 54.1 Å². The second-order valence-corrected chi connectivity index (χ2v) is 7.31. The molecule has 0 radical (unpaired) electrons. The molecule has 0 fully saturated rings. The van der Waals surface area contributed by atoms with E-state index in [0.717, 1.165) is 27.7 Å². The maximum Gasteiger partial charge on any atom is 0.335 e. The molecule has 150 valence electrons. The molecule has 2 aromatic carbocycles. The van der Waals surface area contributed by atoms with Crippen molar-refractivity contribution in [3.05, 3.63) is 84.2 Å². The van der Waals surface area contributed by atoms with Crippen LogP contribution in [-0.2, 0) is 5.75 Å². The average Bonchev–Trinajstić information content (AvgIpc) is 3.22. The van der Waals surface area contributed by atoms with Gasteiger partial charge in [0.15, 0.2) is 11.0 Å². The van der Waals surface area contributed by atoms with Gasteiger partial charge in [-0.3, -0.25) is 9.55 Å². The van der Waals surface area contributed by atoms with Crippen LogP contribution in [0.4, 0.5) is 0 Å². The highest BCUT2D eigenvalue weighted by Gasteiger charge is 2.16. The lowest BCUT2D eigenvalue weighted by atomic mass is 10.1. The van der Waals surface area contributed by atoms with E-state index in [1.165, 1.54) is 11.8 Å². The number of nitrogens with zero attached hydrogens (tertiary/aromatic N) is 4. The summed E-state index contributed by atoms with van der Waals surface area (Å²) in [6.07, 6.45) is 3.44. The van der Waals surface area contributed by atoms with E-state index >= 15 is 0 Å². The van der Waals surface area contributed by atoms with Crippen molar-refractivity contribution in [1.29, 1.82) is 0 Å². The van der Waals surface area contributed by atoms with Crippen molar-refractivity contribution < 1.29 is 14.6 Å². The van der Waals surface area contributed by atoms with E-state index in [1.54, 1.807) is 31.6 Å². The van der Waals surface area contributed by atoms with E-state index < -0.39 is 5.97 Å². The summed E-state index contributed by atoms with van der Waals surface area (Å²) in [6, 6.07) is 18.3. The number of methoxy groups -OCH3 is 1. The predicted molar refractivity (Wildman–Crippen MR) is 114 cm³/mol. The fourth-order valence-corrected chi connectivity index (χ4v) is 3.81. The lowest BCUT2D eigenvalue weighted by molar-refractivity contribution is 0.0697. The highest BCUT2D eigenvalue weighted by molar-refractivity contribution is 7.98. The topological polar surface area (TPSA) is 90.1 Å². The zero-order chi connectivity index (χ0) is 20.9. The van der Waals surface area contributed by atoms with Gasteiger partial charge in [-0.1, -0.05) is 23.9 Å². The third-order valence-corrected chi connectivity index (χ3v) is 5.47. The Hall–Kier alpha value is -3.65. The third kappa shape index (κ3) is 4.18. The first-order valence-electron chi connectivity index (χ1n) is 9.11. The van der Waals surface area contributed by atoms with Crippen LogP contribution in [0.2, 0.25) is 0 Å². The first-order valence-corrected chi connectivity index (χ1v) is 10.1. The molecule has 0 saturated carbocycles. The van der Waals surface area contributed by atoms with E-state index in [1.807, 2.05) is 53.1 Å². The summed E-state index contributed by atoms with van der Waals surface area (Å²) in [4.78, 5) is 15.1. The van der Waals surface area contributed by atoms with Crippen LogP contribution in [0.1, 0.15) is 15.9 Å². The van der Waals surface area contributed by atoms with Gasteiger partial charge in [0.1, 0.15) is 5.75 Å². The molecule has 4 rings (SSSR count). The number of rotatable bonds is 7. The summed E-state index contributed by atoms with van der Waals surface area (Å²) >= 11 is 1.53. The third-order valence-electron chi connectivity index (χ3n) is 4.47. The van der Waals surface area contributed by atoms with Crippen molar-refractivity contribution >= 4 is 17.7 Å². The summed E-state index contributed by atoms with van der Waals surface area (Å²) in [6.45, 7) is 0. The largest absolute Gasteiger partial charge is 0.497 e. The summed E-state index contributed by atoms with van der Waals surface area (Å²) in [5.41, 5.74) is 3.09. The lowest BCUT2D eigenvalue weighted by Crippen LogP contribution is -2.00. The van der Waals surface area contributed by atoms with E-state index in [2.05, 4.69) is 15.2 Å². The number of aromatic carboxylic acids is 1. The maximum atomic E-state index is 11.0. The van der Waals surface area contributed by atoms with E-state index in [4.69, 9.17) is 9.84 Å². The molecule has 4 aromatic rings. The van der Waals surface area contributed by atoms with Gasteiger partial charge in [0.25, 0.3) is 0 Å². The predicted octanol–water partition coefficient (Wildman–Crippen LogP) is 4.33. The number of hydrogen-bond acceptors (Lipinski definition) is 6. The molecule has 0 bridgehead atoms. The molecule has 2 aromatic heterocycles. The fourth-order valence-electron chi connectivity index (χ4n) is 2.91. The van der Waals surface area contributed by atoms with Gasteiger partial charge in [0.05, 0.1) is 12.7 Å². The Bertz CT molecular complexity index is 1140. The number of carbonyl (C=O) groups is 1. The van der Waals surface area contributed by atoms with Gasteiger partial charge in [-0.15, -0.1) is 10.2 Å². The van der Waals surface area contributed by atoms with Gasteiger partial charge in [0.2, 0.25) is 0 Å². The van der Waals surface area contributed by atoms with Gasteiger partial charge in [0, 0.05) is 29.4 Å². The minimum atomic E-state index is -0.935. The molecule has 8 heteroatoms. The van der Waals surface area contributed by atoms with Crippen LogP contribution < -0.4 is 4.74 Å². The average molecular weight is 418 g/mol. The normalized spacial score (nSPS) is 10.7. The first-order chi connectivity index (χ1) is 14.7. The van der Waals surface area contributed by atoms with Crippen LogP contribution in [0.3, 0.4) is 0 Å². The Morgan fingerprint density at radius 3 is 2.33 bits per heavy atom. The summed E-state index contributed by atoms with van der Waals surface area (Å²) in [5.74, 6) is 1.18. The number of aromatic nitrogens is 4. The number of pyridine rings is 1. The molecule has 0 saturated heterocycles. The number of carboxylic acids is 1. The second-order valence-electron chi connectivity index (χ2n) is 6.37. The zero-order valence-electron chi connectivity index (χ0n) is 16.1. The van der Waals surface area contributed by atoms with Crippen LogP contribution >= 0.6 is 11.8 Å². The molecule has 0 atom stereocenters. The Balaban J connectivity index is 1.66. The molecule has 0 aliphatic heterocycles. The van der Waals surface area contributed by atoms with E-state index in [-0.39, 0.29) is 5.56 Å². The van der Waals surface area contributed by atoms with Gasteiger partial charge in [-0.2, -0.15) is 0 Å². The maximum absolute atomic E-state index is 11.0. The zero-order valence-corrected chi connectivity index (χ0v) is 16.9. The summed E-state index contributed by atoms with van der Waals surface area (Å²) in [7, 11) is 1.63. The van der Waals surface area contributed by atoms with Crippen LogP contribution in [0.15, 0.2) is 78.2 Å². The monoisotopic (exact) mass is 418 g/mol. The highest BCUT2D eigenvalue weighted by atomic mass is 32.2. The molecular weight excluding hydrogens is 400 g/mol. The second kappa shape index (κ2) is 8.79. The molecule has 30 heavy (non-hydrogen) atoms. The SMILES string of the molecule is COc1ccc(-n2c(SCc3ccc(C(=O)O)cc3)nnc2-c2ccncc2)cc1. The molecule has 0 amide bonds. The smallest absolute Gasteiger partial charge is 0.335 e. The van der Waals surface area contributed by atoms with Crippen molar-refractivity contribution in [2.45, 2.75) is 10.9 Å². The molecule has 0 spiro atoms. The number of benzene rings is 2. The number of hydrogen-bond donors (Lipinski definition) is 1. The molecule has 0 aliphatic rings. The van der Waals surface area contributed by atoms with Crippen LogP contribution in [0, 0.1) is 0 Å². The van der Waals surface area contributed by atoms with Crippen molar-refractivity contribution in [1.82, 2.24) is 19.7 Å². The van der Waals surface area contributed by atoms with Gasteiger partial charge >= 0.3 is 5.97 Å². The molecule has 0 aliphatic carbocycles. The molecule has 0 unspecified atom stereocenters. The number of thioether (sulfide) groups is 1. The molecule has 1 N–H and O–H groups in total. The number of ether oxygens (including phenoxy) is 1. The van der Waals surface area contributed by atoms with Gasteiger partial charge in [-0.25, -0.2) is 4.79 Å². The first kappa shape index (κ1) is 19.7. The van der Waals surface area contributed by atoms with Crippen LogP contribution in [0.5, 0.6) is 5.75 Å². The fraction of sp³-hybridized carbons (Fsp3) is 0.0909. The van der Waals surface area contributed by atoms with Crippen LogP contribution in [-0.4, -0.2) is 37.9 Å². The van der Waals surface area contributed by atoms with E-state index in [0.29, 0.717) is 11.6 Å². The van der Waals surface area contributed by atoms with Crippen LogP contribution in [0.25, 0.3) is 17.1 Å². The van der Waals surface area contributed by atoms with Gasteiger partial charge < -0.3 is 9.84 Å². The Kier molecular flexibility index (Phi) is 5.76. The molecular formula is C22H18N4O3S. The minimum absolute atomic E-state index is 0.269. The number of carboxylic acid groups (broad SMARTS) is 1. The Morgan fingerprint density at radius 2 is 1.70 bits per heavy atom. The quantitative estimate of drug-likeness (QED) is 0.447. The summed E-state index contributed by atoms with van der Waals surface area (Å²) in [5, 5.41) is 18.6. The summed E-state index contributed by atoms with van der Waals surface area (Å²) < 4.78 is 7.26. The Morgan fingerprint density at radius 1 is 1.00 bits per heavy atom. The van der Waals surface area contributed by atoms with Crippen molar-refractivity contribution in [2.24, 2.45) is 0 Å². The van der Waals surface area contributed by atoms with Crippen molar-refractivity contribution in [3.8, 4) is 22.8 Å². The Labute approximate surface area is 177 Å². The highest BCUT2D eigenvalue weighted by Crippen LogP contribution is 2.30.